The number of carbonyl (C=O) groups is 1. The summed E-state index contributed by atoms with van der Waals surface area (Å²) in [7, 11) is 0. The number of fused-ring (bicyclic) bond motifs is 1. The van der Waals surface area contributed by atoms with Crippen molar-refractivity contribution in [1.29, 1.82) is 0 Å². The van der Waals surface area contributed by atoms with Crippen molar-refractivity contribution in [3.05, 3.63) is 58.9 Å². The molecule has 0 saturated carbocycles. The molecule has 6 nitrogen and oxygen atoms in total. The highest BCUT2D eigenvalue weighted by molar-refractivity contribution is 5.92. The first kappa shape index (κ1) is 20.9. The Morgan fingerprint density at radius 2 is 1.93 bits per heavy atom. The van der Waals surface area contributed by atoms with Crippen LogP contribution in [0.5, 0.6) is 5.75 Å². The predicted molar refractivity (Wildman–Crippen MR) is 115 cm³/mol. The topological polar surface area (TPSA) is 67.6 Å². The molecule has 0 aliphatic rings. The number of likely N-dealkylation sites (N-methyl/N-ethyl adjacent to an activating group) is 1. The van der Waals surface area contributed by atoms with Crippen molar-refractivity contribution in [2.45, 2.75) is 40.8 Å². The van der Waals surface area contributed by atoms with Crippen molar-refractivity contribution in [2.75, 3.05) is 19.6 Å². The molecule has 0 saturated heterocycles. The largest absolute Gasteiger partial charge is 0.485 e. The molecule has 0 spiro atoms. The monoisotopic (exact) mass is 395 g/mol. The van der Waals surface area contributed by atoms with E-state index in [1.54, 1.807) is 12.1 Å². The third kappa shape index (κ3) is 4.59. The quantitative estimate of drug-likeness (QED) is 0.586. The molecular weight excluding hydrogens is 366 g/mol. The van der Waals surface area contributed by atoms with Gasteiger partial charge in [-0.15, -0.1) is 0 Å². The highest BCUT2D eigenvalue weighted by atomic mass is 16.5. The molecule has 1 aromatic heterocycles. The molecule has 0 radical (unpaired) electrons. The lowest BCUT2D eigenvalue weighted by Crippen LogP contribution is -2.27. The Kier molecular flexibility index (Phi) is 6.54. The normalized spacial score (nSPS) is 11.3. The van der Waals surface area contributed by atoms with E-state index < -0.39 is 5.97 Å². The molecule has 3 rings (SSSR count). The number of aromatic carboxylic acids is 1. The third-order valence-corrected chi connectivity index (χ3v) is 5.52. The SMILES string of the molecule is CCN(CC)CCn1c(COc2cccc(C)c2C)nc2cc(C(=O)O)ccc21. The van der Waals surface area contributed by atoms with E-state index in [1.165, 1.54) is 5.56 Å². The van der Waals surface area contributed by atoms with Gasteiger partial charge in [0.15, 0.2) is 0 Å². The van der Waals surface area contributed by atoms with E-state index >= 15 is 0 Å². The van der Waals surface area contributed by atoms with Gasteiger partial charge in [-0.3, -0.25) is 0 Å². The molecule has 0 aliphatic heterocycles. The second kappa shape index (κ2) is 9.09. The van der Waals surface area contributed by atoms with E-state index in [0.717, 1.165) is 48.8 Å². The van der Waals surface area contributed by atoms with Gasteiger partial charge in [0.1, 0.15) is 18.2 Å². The molecule has 0 bridgehead atoms. The van der Waals surface area contributed by atoms with E-state index in [1.807, 2.05) is 25.1 Å². The molecule has 0 atom stereocenters. The number of carboxylic acid groups (broad SMARTS) is 1. The second-order valence-electron chi connectivity index (χ2n) is 7.20. The number of aromatic nitrogens is 2. The summed E-state index contributed by atoms with van der Waals surface area (Å²) in [5, 5.41) is 9.30. The maximum atomic E-state index is 11.3. The van der Waals surface area contributed by atoms with Gasteiger partial charge in [0, 0.05) is 13.1 Å². The second-order valence-corrected chi connectivity index (χ2v) is 7.20. The summed E-state index contributed by atoms with van der Waals surface area (Å²) >= 11 is 0. The van der Waals surface area contributed by atoms with Gasteiger partial charge >= 0.3 is 5.97 Å². The van der Waals surface area contributed by atoms with Gasteiger partial charge in [0.25, 0.3) is 0 Å². The summed E-state index contributed by atoms with van der Waals surface area (Å²) in [6.45, 7) is 12.4. The highest BCUT2D eigenvalue weighted by Gasteiger charge is 2.15. The molecule has 29 heavy (non-hydrogen) atoms. The van der Waals surface area contributed by atoms with Gasteiger partial charge in [-0.05, 0) is 62.3 Å². The minimum absolute atomic E-state index is 0.243. The maximum Gasteiger partial charge on any atom is 0.335 e. The summed E-state index contributed by atoms with van der Waals surface area (Å²) in [6.07, 6.45) is 0. The van der Waals surface area contributed by atoms with Crippen LogP contribution in [0.3, 0.4) is 0 Å². The van der Waals surface area contributed by atoms with E-state index in [-0.39, 0.29) is 5.56 Å². The van der Waals surface area contributed by atoms with E-state index in [9.17, 15) is 9.90 Å². The summed E-state index contributed by atoms with van der Waals surface area (Å²) in [5.74, 6) is 0.701. The molecule has 154 valence electrons. The number of carboxylic acids is 1. The number of rotatable bonds is 9. The zero-order valence-electron chi connectivity index (χ0n) is 17.6. The van der Waals surface area contributed by atoms with Crippen LogP contribution in [-0.2, 0) is 13.2 Å². The zero-order chi connectivity index (χ0) is 21.0. The lowest BCUT2D eigenvalue weighted by molar-refractivity contribution is 0.0697. The van der Waals surface area contributed by atoms with Gasteiger partial charge in [0.05, 0.1) is 16.6 Å². The van der Waals surface area contributed by atoms with Crippen LogP contribution in [0.15, 0.2) is 36.4 Å². The average molecular weight is 396 g/mol. The van der Waals surface area contributed by atoms with Crippen LogP contribution >= 0.6 is 0 Å². The first-order valence-corrected chi connectivity index (χ1v) is 10.1. The van der Waals surface area contributed by atoms with Crippen molar-refractivity contribution in [3.63, 3.8) is 0 Å². The molecule has 0 fully saturated rings. The van der Waals surface area contributed by atoms with Crippen LogP contribution < -0.4 is 4.74 Å². The fourth-order valence-corrected chi connectivity index (χ4v) is 3.48. The number of benzene rings is 2. The molecule has 0 amide bonds. The van der Waals surface area contributed by atoms with Gasteiger partial charge < -0.3 is 19.3 Å². The average Bonchev–Trinajstić information content (AvgIpc) is 3.06. The van der Waals surface area contributed by atoms with Crippen molar-refractivity contribution in [2.24, 2.45) is 0 Å². The number of hydrogen-bond acceptors (Lipinski definition) is 4. The van der Waals surface area contributed by atoms with Crippen LogP contribution in [0, 0.1) is 13.8 Å². The minimum atomic E-state index is -0.947. The lowest BCUT2D eigenvalue weighted by Gasteiger charge is -2.19. The fourth-order valence-electron chi connectivity index (χ4n) is 3.48. The number of nitrogens with zero attached hydrogens (tertiary/aromatic N) is 3. The third-order valence-electron chi connectivity index (χ3n) is 5.52. The number of imidazole rings is 1. The Morgan fingerprint density at radius 1 is 1.17 bits per heavy atom. The molecule has 0 aliphatic carbocycles. The summed E-state index contributed by atoms with van der Waals surface area (Å²) in [5.41, 5.74) is 4.16. The van der Waals surface area contributed by atoms with Crippen molar-refractivity contribution in [3.8, 4) is 5.75 Å². The summed E-state index contributed by atoms with van der Waals surface area (Å²) < 4.78 is 8.24. The Bertz CT molecular complexity index is 1010. The van der Waals surface area contributed by atoms with Gasteiger partial charge in [0.2, 0.25) is 0 Å². The van der Waals surface area contributed by atoms with Crippen LogP contribution in [0.1, 0.15) is 41.2 Å². The van der Waals surface area contributed by atoms with Crippen LogP contribution in [0.25, 0.3) is 11.0 Å². The first-order valence-electron chi connectivity index (χ1n) is 10.1. The molecule has 6 heteroatoms. The number of aryl methyl sites for hydroxylation is 1. The van der Waals surface area contributed by atoms with Crippen LogP contribution in [0.4, 0.5) is 0 Å². The Labute approximate surface area is 171 Å². The molecule has 3 aromatic rings. The number of ether oxygens (including phenoxy) is 1. The Hall–Kier alpha value is -2.86. The molecule has 1 N–H and O–H groups in total. The number of hydrogen-bond donors (Lipinski definition) is 1. The highest BCUT2D eigenvalue weighted by Crippen LogP contribution is 2.23. The molecule has 2 aromatic carbocycles. The fraction of sp³-hybridized carbons (Fsp3) is 0.391. The van der Waals surface area contributed by atoms with E-state index in [2.05, 4.69) is 36.3 Å². The summed E-state index contributed by atoms with van der Waals surface area (Å²) in [6, 6.07) is 11.1. The van der Waals surface area contributed by atoms with Gasteiger partial charge in [-0.2, -0.15) is 0 Å². The molecule has 0 unspecified atom stereocenters. The smallest absolute Gasteiger partial charge is 0.335 e. The standard InChI is InChI=1S/C23H29N3O3/c1-5-25(6-2)12-13-26-20-11-10-18(23(27)28)14-19(20)24-22(26)15-29-21-9-7-8-16(3)17(21)4/h7-11,14H,5-6,12-13,15H2,1-4H3,(H,27,28). The van der Waals surface area contributed by atoms with Crippen molar-refractivity contribution < 1.29 is 14.6 Å². The Morgan fingerprint density at radius 3 is 2.62 bits per heavy atom. The lowest BCUT2D eigenvalue weighted by atomic mass is 10.1. The van der Waals surface area contributed by atoms with Crippen molar-refractivity contribution >= 4 is 17.0 Å². The van der Waals surface area contributed by atoms with Crippen LogP contribution in [-0.4, -0.2) is 45.2 Å². The molecular formula is C23H29N3O3. The Balaban J connectivity index is 1.93. The maximum absolute atomic E-state index is 11.3. The predicted octanol–water partition coefficient (Wildman–Crippen LogP) is 4.27. The van der Waals surface area contributed by atoms with Crippen molar-refractivity contribution in [1.82, 2.24) is 14.5 Å². The van der Waals surface area contributed by atoms with E-state index in [0.29, 0.717) is 12.1 Å². The van der Waals surface area contributed by atoms with Crippen LogP contribution in [0.2, 0.25) is 0 Å². The van der Waals surface area contributed by atoms with E-state index in [4.69, 9.17) is 9.72 Å². The minimum Gasteiger partial charge on any atom is -0.485 e. The van der Waals surface area contributed by atoms with Gasteiger partial charge in [-0.1, -0.05) is 26.0 Å². The summed E-state index contributed by atoms with van der Waals surface area (Å²) in [4.78, 5) is 18.4. The van der Waals surface area contributed by atoms with Gasteiger partial charge in [-0.25, -0.2) is 9.78 Å². The first-order chi connectivity index (χ1) is 13.9. The molecule has 1 heterocycles. The zero-order valence-corrected chi connectivity index (χ0v) is 17.6.